The largest absolute Gasteiger partial charge is 0.381 e. The maximum Gasteiger partial charge on any atom is 0.272 e. The van der Waals surface area contributed by atoms with E-state index in [1.54, 1.807) is 0 Å². The summed E-state index contributed by atoms with van der Waals surface area (Å²) < 4.78 is 7.47. The lowest BCUT2D eigenvalue weighted by molar-refractivity contribution is 0.0654. The number of hydrogen-bond acceptors (Lipinski definition) is 5. The van der Waals surface area contributed by atoms with Crippen molar-refractivity contribution in [1.82, 2.24) is 25.3 Å². The van der Waals surface area contributed by atoms with Crippen molar-refractivity contribution in [3.05, 3.63) is 17.5 Å². The molecule has 1 saturated carbocycles. The van der Waals surface area contributed by atoms with Gasteiger partial charge < -0.3 is 15.4 Å². The summed E-state index contributed by atoms with van der Waals surface area (Å²) in [5, 5.41) is 11.3. The highest BCUT2D eigenvalue weighted by atomic mass is 16.5. The van der Waals surface area contributed by atoms with Crippen molar-refractivity contribution in [3.8, 4) is 0 Å². The molecule has 0 radical (unpaired) electrons. The van der Waals surface area contributed by atoms with Crippen molar-refractivity contribution >= 4 is 5.91 Å². The molecule has 3 heterocycles. The number of aromatic nitrogens is 2. The lowest BCUT2D eigenvalue weighted by atomic mass is 9.89. The van der Waals surface area contributed by atoms with Gasteiger partial charge in [0, 0.05) is 57.2 Å². The second-order valence-electron chi connectivity index (χ2n) is 8.22. The average molecular weight is 376 g/mol. The van der Waals surface area contributed by atoms with Gasteiger partial charge in [0.15, 0.2) is 0 Å². The number of nitrogens with zero attached hydrogens (tertiary/aromatic N) is 3. The highest BCUT2D eigenvalue weighted by molar-refractivity contribution is 5.92. The molecule has 2 saturated heterocycles. The van der Waals surface area contributed by atoms with Gasteiger partial charge in [-0.05, 0) is 51.5 Å². The molecule has 27 heavy (non-hydrogen) atoms. The number of nitrogens with one attached hydrogen (secondary N) is 2. The monoisotopic (exact) mass is 375 g/mol. The molecule has 1 aromatic heterocycles. The lowest BCUT2D eigenvalue weighted by Gasteiger charge is -2.39. The molecule has 1 amide bonds. The first-order chi connectivity index (χ1) is 13.2. The van der Waals surface area contributed by atoms with Gasteiger partial charge in [0.25, 0.3) is 5.91 Å². The molecule has 3 aliphatic rings. The second kappa shape index (κ2) is 8.71. The molecular weight excluding hydrogens is 342 g/mol. The number of aryl methyl sites for hydroxylation is 1. The standard InChI is InChI=1S/C20H33N5O2/c1-15-14-19(23-25(15)18-6-12-27-13-7-18)20(26)22-16-2-4-17(5-3-16)24-10-8-21-9-11-24/h14,16-18,21H,2-13H2,1H3,(H,22,26). The summed E-state index contributed by atoms with van der Waals surface area (Å²) in [4.78, 5) is 15.3. The summed E-state index contributed by atoms with van der Waals surface area (Å²) in [6, 6.07) is 3.26. The van der Waals surface area contributed by atoms with Gasteiger partial charge in [-0.15, -0.1) is 0 Å². The van der Waals surface area contributed by atoms with Gasteiger partial charge in [0.2, 0.25) is 0 Å². The Morgan fingerprint density at radius 2 is 1.81 bits per heavy atom. The number of piperazine rings is 1. The molecule has 3 fully saturated rings. The zero-order chi connectivity index (χ0) is 18.6. The molecular formula is C20H33N5O2. The zero-order valence-electron chi connectivity index (χ0n) is 16.5. The molecule has 0 bridgehead atoms. The summed E-state index contributed by atoms with van der Waals surface area (Å²) in [6.07, 6.45) is 6.44. The van der Waals surface area contributed by atoms with E-state index < -0.39 is 0 Å². The first kappa shape index (κ1) is 18.9. The molecule has 0 aromatic carbocycles. The third-order valence-corrected chi connectivity index (χ3v) is 6.39. The van der Waals surface area contributed by atoms with Crippen LogP contribution in [0, 0.1) is 6.92 Å². The minimum atomic E-state index is -0.0190. The smallest absolute Gasteiger partial charge is 0.272 e. The summed E-state index contributed by atoms with van der Waals surface area (Å²) >= 11 is 0. The van der Waals surface area contributed by atoms with Crippen LogP contribution in [0.15, 0.2) is 6.07 Å². The Morgan fingerprint density at radius 3 is 2.52 bits per heavy atom. The number of carbonyl (C=O) groups is 1. The van der Waals surface area contributed by atoms with Crippen LogP contribution in [0.2, 0.25) is 0 Å². The molecule has 2 N–H and O–H groups in total. The normalized spacial score (nSPS) is 28.2. The molecule has 1 aliphatic carbocycles. The fourth-order valence-electron chi connectivity index (χ4n) is 4.79. The number of ether oxygens (including phenoxy) is 1. The molecule has 4 rings (SSSR count). The van der Waals surface area contributed by atoms with E-state index in [0.29, 0.717) is 17.8 Å². The molecule has 7 heteroatoms. The van der Waals surface area contributed by atoms with Crippen molar-refractivity contribution in [1.29, 1.82) is 0 Å². The molecule has 0 unspecified atom stereocenters. The van der Waals surface area contributed by atoms with Gasteiger partial charge in [-0.3, -0.25) is 14.4 Å². The molecule has 0 spiro atoms. The summed E-state index contributed by atoms with van der Waals surface area (Å²) in [5.74, 6) is -0.0190. The Labute approximate surface area is 161 Å². The van der Waals surface area contributed by atoms with E-state index in [9.17, 15) is 4.79 Å². The van der Waals surface area contributed by atoms with E-state index >= 15 is 0 Å². The molecule has 2 aliphatic heterocycles. The van der Waals surface area contributed by atoms with Crippen LogP contribution < -0.4 is 10.6 Å². The van der Waals surface area contributed by atoms with Crippen LogP contribution in [0.5, 0.6) is 0 Å². The van der Waals surface area contributed by atoms with Crippen LogP contribution in [-0.4, -0.2) is 72.1 Å². The van der Waals surface area contributed by atoms with Crippen molar-refractivity contribution in [2.24, 2.45) is 0 Å². The Balaban J connectivity index is 1.29. The quantitative estimate of drug-likeness (QED) is 0.834. The first-order valence-corrected chi connectivity index (χ1v) is 10.6. The average Bonchev–Trinajstić information content (AvgIpc) is 3.12. The van der Waals surface area contributed by atoms with Crippen LogP contribution in [0.4, 0.5) is 0 Å². The van der Waals surface area contributed by atoms with Crippen LogP contribution >= 0.6 is 0 Å². The van der Waals surface area contributed by atoms with Gasteiger partial charge in [-0.25, -0.2) is 0 Å². The van der Waals surface area contributed by atoms with Gasteiger partial charge in [-0.2, -0.15) is 5.10 Å². The predicted molar refractivity (Wildman–Crippen MR) is 104 cm³/mol. The minimum Gasteiger partial charge on any atom is -0.381 e. The number of amides is 1. The Hall–Kier alpha value is -1.44. The van der Waals surface area contributed by atoms with Crippen molar-refractivity contribution in [2.75, 3.05) is 39.4 Å². The van der Waals surface area contributed by atoms with Gasteiger partial charge in [0.1, 0.15) is 5.69 Å². The Kier molecular flexibility index (Phi) is 6.10. The predicted octanol–water partition coefficient (Wildman–Crippen LogP) is 1.49. The van der Waals surface area contributed by atoms with Gasteiger partial charge in [0.05, 0.1) is 6.04 Å². The minimum absolute atomic E-state index is 0.0190. The third-order valence-electron chi connectivity index (χ3n) is 6.39. The fraction of sp³-hybridized carbons (Fsp3) is 0.800. The maximum absolute atomic E-state index is 12.7. The topological polar surface area (TPSA) is 71.4 Å². The molecule has 150 valence electrons. The second-order valence-corrected chi connectivity index (χ2v) is 8.22. The van der Waals surface area contributed by atoms with E-state index in [2.05, 4.69) is 20.6 Å². The van der Waals surface area contributed by atoms with E-state index in [0.717, 1.165) is 70.8 Å². The van der Waals surface area contributed by atoms with Gasteiger partial charge in [-0.1, -0.05) is 0 Å². The number of hydrogen-bond donors (Lipinski definition) is 2. The number of rotatable bonds is 4. The lowest BCUT2D eigenvalue weighted by Crippen LogP contribution is -2.50. The Morgan fingerprint density at radius 1 is 1.11 bits per heavy atom. The van der Waals surface area contributed by atoms with Gasteiger partial charge >= 0.3 is 0 Å². The van der Waals surface area contributed by atoms with Crippen LogP contribution in [0.1, 0.15) is 60.7 Å². The van der Waals surface area contributed by atoms with Crippen molar-refractivity contribution < 1.29 is 9.53 Å². The SMILES string of the molecule is Cc1cc(C(=O)NC2CCC(N3CCNCC3)CC2)nn1C1CCOCC1. The fourth-order valence-corrected chi connectivity index (χ4v) is 4.79. The first-order valence-electron chi connectivity index (χ1n) is 10.6. The zero-order valence-corrected chi connectivity index (χ0v) is 16.5. The van der Waals surface area contributed by atoms with E-state index in [-0.39, 0.29) is 11.9 Å². The van der Waals surface area contributed by atoms with E-state index in [1.807, 2.05) is 17.7 Å². The third kappa shape index (κ3) is 4.52. The summed E-state index contributed by atoms with van der Waals surface area (Å²) in [5.41, 5.74) is 1.62. The van der Waals surface area contributed by atoms with Crippen molar-refractivity contribution in [3.63, 3.8) is 0 Å². The molecule has 1 aromatic rings. The van der Waals surface area contributed by atoms with Crippen LogP contribution in [0.3, 0.4) is 0 Å². The molecule has 0 atom stereocenters. The van der Waals surface area contributed by atoms with E-state index in [1.165, 1.54) is 12.8 Å². The highest BCUT2D eigenvalue weighted by Gasteiger charge is 2.28. The van der Waals surface area contributed by atoms with Crippen LogP contribution in [-0.2, 0) is 4.74 Å². The number of carbonyl (C=O) groups excluding carboxylic acids is 1. The summed E-state index contributed by atoms with van der Waals surface area (Å²) in [7, 11) is 0. The van der Waals surface area contributed by atoms with Crippen LogP contribution in [0.25, 0.3) is 0 Å². The maximum atomic E-state index is 12.7. The Bertz CT molecular complexity index is 626. The van der Waals surface area contributed by atoms with Crippen molar-refractivity contribution in [2.45, 2.75) is 63.6 Å². The summed E-state index contributed by atoms with van der Waals surface area (Å²) in [6.45, 7) is 8.12. The molecule has 7 nitrogen and oxygen atoms in total. The highest BCUT2D eigenvalue weighted by Crippen LogP contribution is 2.25. The van der Waals surface area contributed by atoms with E-state index in [4.69, 9.17) is 4.74 Å².